The molecule has 0 saturated carbocycles. The monoisotopic (exact) mass is 470 g/mol. The van der Waals surface area contributed by atoms with Gasteiger partial charge < -0.3 is 5.11 Å². The lowest BCUT2D eigenvalue weighted by atomic mass is 9.78. The van der Waals surface area contributed by atoms with Gasteiger partial charge in [0, 0.05) is 32.7 Å². The number of aromatic hydroxyl groups is 1. The zero-order chi connectivity index (χ0) is 25.2. The normalized spacial score (nSPS) is 16.1. The summed E-state index contributed by atoms with van der Waals surface area (Å²) < 4.78 is 0. The van der Waals surface area contributed by atoms with Gasteiger partial charge in [0.2, 0.25) is 0 Å². The summed E-state index contributed by atoms with van der Waals surface area (Å²) in [6.07, 6.45) is 0. The van der Waals surface area contributed by atoms with Crippen LogP contribution in [0.1, 0.15) is 75.4 Å². The molecule has 4 rings (SSSR count). The van der Waals surface area contributed by atoms with Gasteiger partial charge in [-0.05, 0) is 38.6 Å². The molecule has 3 heteroatoms. The van der Waals surface area contributed by atoms with Crippen molar-refractivity contribution >= 4 is 0 Å². The van der Waals surface area contributed by atoms with Crippen LogP contribution in [0, 0.1) is 0 Å². The summed E-state index contributed by atoms with van der Waals surface area (Å²) in [5.41, 5.74) is 5.91. The Kier molecular flexibility index (Phi) is 7.40. The highest BCUT2D eigenvalue weighted by atomic mass is 16.3. The number of phenolic OH excluding ortho intramolecular Hbond substituents is 1. The summed E-state index contributed by atoms with van der Waals surface area (Å²) in [4.78, 5) is 5.19. The second kappa shape index (κ2) is 10.2. The lowest BCUT2D eigenvalue weighted by Crippen LogP contribution is -2.47. The minimum Gasteiger partial charge on any atom is -0.507 e. The maximum Gasteiger partial charge on any atom is 0.123 e. The van der Waals surface area contributed by atoms with Crippen molar-refractivity contribution in [3.05, 3.63) is 101 Å². The first kappa shape index (κ1) is 25.5. The van der Waals surface area contributed by atoms with E-state index in [1.807, 2.05) is 0 Å². The molecule has 1 aliphatic heterocycles. The molecule has 1 saturated heterocycles. The van der Waals surface area contributed by atoms with E-state index in [9.17, 15) is 5.11 Å². The van der Waals surface area contributed by atoms with Crippen LogP contribution in [0.25, 0.3) is 0 Å². The minimum atomic E-state index is -0.0998. The van der Waals surface area contributed by atoms with Crippen molar-refractivity contribution in [3.8, 4) is 5.75 Å². The van der Waals surface area contributed by atoms with E-state index in [4.69, 9.17) is 0 Å². The molecule has 0 aromatic heterocycles. The molecule has 3 nitrogen and oxygen atoms in total. The van der Waals surface area contributed by atoms with Gasteiger partial charge in [-0.3, -0.25) is 9.80 Å². The smallest absolute Gasteiger partial charge is 0.123 e. The Morgan fingerprint density at radius 1 is 0.686 bits per heavy atom. The first-order chi connectivity index (χ1) is 16.5. The molecular formula is C32H42N2O. The van der Waals surface area contributed by atoms with Crippen molar-refractivity contribution in [1.82, 2.24) is 9.80 Å². The minimum absolute atomic E-state index is 0.0998. The van der Waals surface area contributed by atoms with E-state index >= 15 is 0 Å². The van der Waals surface area contributed by atoms with Crippen molar-refractivity contribution in [2.75, 3.05) is 26.2 Å². The van der Waals surface area contributed by atoms with Gasteiger partial charge in [0.15, 0.2) is 0 Å². The molecule has 0 radical (unpaired) electrons. The van der Waals surface area contributed by atoms with E-state index in [-0.39, 0.29) is 16.9 Å². The molecule has 1 fully saturated rings. The van der Waals surface area contributed by atoms with Crippen molar-refractivity contribution in [3.63, 3.8) is 0 Å². The van der Waals surface area contributed by atoms with Gasteiger partial charge in [0.25, 0.3) is 0 Å². The fourth-order valence-electron chi connectivity index (χ4n) is 5.25. The zero-order valence-corrected chi connectivity index (χ0v) is 22.4. The highest BCUT2D eigenvalue weighted by Gasteiger charge is 2.29. The van der Waals surface area contributed by atoms with E-state index < -0.39 is 0 Å². The Morgan fingerprint density at radius 3 is 1.51 bits per heavy atom. The third kappa shape index (κ3) is 5.97. The summed E-state index contributed by atoms with van der Waals surface area (Å²) in [7, 11) is 0. The second-order valence-corrected chi connectivity index (χ2v) is 12.1. The Balaban J connectivity index is 1.53. The van der Waals surface area contributed by atoms with Crippen LogP contribution in [0.5, 0.6) is 5.75 Å². The van der Waals surface area contributed by atoms with Crippen LogP contribution >= 0.6 is 0 Å². The van der Waals surface area contributed by atoms with Crippen LogP contribution in [0.3, 0.4) is 0 Å². The molecule has 0 aliphatic carbocycles. The Morgan fingerprint density at radius 2 is 1.11 bits per heavy atom. The molecule has 1 aliphatic rings. The van der Waals surface area contributed by atoms with E-state index in [1.165, 1.54) is 16.7 Å². The number of hydrogen-bond acceptors (Lipinski definition) is 3. The van der Waals surface area contributed by atoms with E-state index in [1.54, 1.807) is 0 Å². The lowest BCUT2D eigenvalue weighted by Gasteiger charge is -2.40. The summed E-state index contributed by atoms with van der Waals surface area (Å²) in [6.45, 7) is 18.2. The van der Waals surface area contributed by atoms with E-state index in [2.05, 4.69) is 124 Å². The predicted octanol–water partition coefficient (Wildman–Crippen LogP) is 6.89. The number of phenols is 1. The topological polar surface area (TPSA) is 26.7 Å². The second-order valence-electron chi connectivity index (χ2n) is 12.1. The molecule has 0 bridgehead atoms. The molecule has 186 valence electrons. The van der Waals surface area contributed by atoms with Gasteiger partial charge in [-0.2, -0.15) is 0 Å². The zero-order valence-electron chi connectivity index (χ0n) is 22.4. The SMILES string of the molecule is CC(C)(C)c1cc(CN2CCN(C(c3ccccc3)c3ccccc3)CC2)cc(C(C)(C)C)c1O. The molecule has 0 atom stereocenters. The van der Waals surface area contributed by atoms with Crippen LogP contribution in [0.2, 0.25) is 0 Å². The molecule has 1 heterocycles. The molecule has 3 aromatic carbocycles. The van der Waals surface area contributed by atoms with Crippen molar-refractivity contribution < 1.29 is 5.11 Å². The summed E-state index contributed by atoms with van der Waals surface area (Å²) in [5.74, 6) is 0.465. The summed E-state index contributed by atoms with van der Waals surface area (Å²) in [5, 5.41) is 11.1. The number of hydrogen-bond donors (Lipinski definition) is 1. The third-order valence-electron chi connectivity index (χ3n) is 7.19. The molecule has 0 spiro atoms. The highest BCUT2D eigenvalue weighted by Crippen LogP contribution is 2.40. The molecule has 0 amide bonds. The van der Waals surface area contributed by atoms with E-state index in [0.717, 1.165) is 43.9 Å². The highest BCUT2D eigenvalue weighted by molar-refractivity contribution is 5.50. The lowest BCUT2D eigenvalue weighted by molar-refractivity contribution is 0.105. The van der Waals surface area contributed by atoms with Crippen LogP contribution in [0.15, 0.2) is 72.8 Å². The van der Waals surface area contributed by atoms with Gasteiger partial charge in [0.1, 0.15) is 5.75 Å². The van der Waals surface area contributed by atoms with Crippen LogP contribution in [0.4, 0.5) is 0 Å². The Labute approximate surface area is 212 Å². The first-order valence-electron chi connectivity index (χ1n) is 13.0. The Bertz CT molecular complexity index is 1030. The molecule has 0 unspecified atom stereocenters. The molecular weight excluding hydrogens is 428 g/mol. The quantitative estimate of drug-likeness (QED) is 0.440. The Hall–Kier alpha value is -2.62. The van der Waals surface area contributed by atoms with Crippen molar-refractivity contribution in [1.29, 1.82) is 0 Å². The standard InChI is InChI=1S/C32H42N2O/c1-31(2,3)27-21-24(22-28(30(27)35)32(4,5)6)23-33-17-19-34(20-18-33)29(25-13-9-7-10-14-25)26-15-11-8-12-16-26/h7-16,21-22,29,35H,17-20,23H2,1-6H3. The van der Waals surface area contributed by atoms with Gasteiger partial charge in [-0.1, -0.05) is 114 Å². The van der Waals surface area contributed by atoms with Gasteiger partial charge >= 0.3 is 0 Å². The van der Waals surface area contributed by atoms with E-state index in [0.29, 0.717) is 5.75 Å². The van der Waals surface area contributed by atoms with Gasteiger partial charge in [-0.25, -0.2) is 0 Å². The van der Waals surface area contributed by atoms with Crippen LogP contribution < -0.4 is 0 Å². The van der Waals surface area contributed by atoms with Crippen molar-refractivity contribution in [2.45, 2.75) is 65.0 Å². The first-order valence-corrected chi connectivity index (χ1v) is 13.0. The number of piperazine rings is 1. The predicted molar refractivity (Wildman–Crippen MR) is 147 cm³/mol. The molecule has 3 aromatic rings. The average Bonchev–Trinajstić information content (AvgIpc) is 2.81. The fraction of sp³-hybridized carbons (Fsp3) is 0.438. The maximum atomic E-state index is 11.1. The number of nitrogens with zero attached hydrogens (tertiary/aromatic N) is 2. The average molecular weight is 471 g/mol. The van der Waals surface area contributed by atoms with Gasteiger partial charge in [-0.15, -0.1) is 0 Å². The van der Waals surface area contributed by atoms with Crippen LogP contribution in [-0.2, 0) is 17.4 Å². The van der Waals surface area contributed by atoms with Gasteiger partial charge in [0.05, 0.1) is 6.04 Å². The number of rotatable bonds is 5. The molecule has 1 N–H and O–H groups in total. The van der Waals surface area contributed by atoms with Crippen LogP contribution in [-0.4, -0.2) is 41.1 Å². The molecule has 35 heavy (non-hydrogen) atoms. The fourth-order valence-corrected chi connectivity index (χ4v) is 5.25. The number of benzene rings is 3. The maximum absolute atomic E-state index is 11.1. The third-order valence-corrected chi connectivity index (χ3v) is 7.19. The summed E-state index contributed by atoms with van der Waals surface area (Å²) in [6, 6.07) is 26.5. The summed E-state index contributed by atoms with van der Waals surface area (Å²) >= 11 is 0. The van der Waals surface area contributed by atoms with Crippen molar-refractivity contribution in [2.24, 2.45) is 0 Å². The largest absolute Gasteiger partial charge is 0.507 e.